The molecule has 2 heterocycles. The van der Waals surface area contributed by atoms with E-state index in [2.05, 4.69) is 20.3 Å². The number of carbonyl (C=O) groups is 1. The first-order chi connectivity index (χ1) is 11.6. The summed E-state index contributed by atoms with van der Waals surface area (Å²) in [6, 6.07) is 0.266. The van der Waals surface area contributed by atoms with Gasteiger partial charge in [-0.2, -0.15) is 0 Å². The molecule has 1 saturated carbocycles. The molecule has 1 amide bonds. The van der Waals surface area contributed by atoms with Gasteiger partial charge in [0.25, 0.3) is 5.91 Å². The van der Waals surface area contributed by atoms with Crippen LogP contribution in [0.5, 0.6) is 0 Å². The molecule has 0 spiro atoms. The number of nitrogens with one attached hydrogen (secondary N) is 1. The Bertz CT molecular complexity index is 683. The topological polar surface area (TPSA) is 92.9 Å². The van der Waals surface area contributed by atoms with Crippen LogP contribution < -0.4 is 5.32 Å². The van der Waals surface area contributed by atoms with E-state index in [1.807, 2.05) is 18.5 Å². The van der Waals surface area contributed by atoms with Gasteiger partial charge in [-0.05, 0) is 19.8 Å². The summed E-state index contributed by atoms with van der Waals surface area (Å²) in [4.78, 5) is 25.4. The number of imidazole rings is 1. The van der Waals surface area contributed by atoms with Crippen molar-refractivity contribution in [1.29, 1.82) is 0 Å². The molecule has 0 aromatic carbocycles. The van der Waals surface area contributed by atoms with Crippen molar-refractivity contribution in [2.45, 2.75) is 45.1 Å². The smallest absolute Gasteiger partial charge is 0.272 e. The van der Waals surface area contributed by atoms with Crippen LogP contribution in [0.25, 0.3) is 11.4 Å². The summed E-state index contributed by atoms with van der Waals surface area (Å²) < 4.78 is 1.86. The van der Waals surface area contributed by atoms with Gasteiger partial charge in [0.15, 0.2) is 0 Å². The molecule has 0 bridgehead atoms. The molecule has 1 fully saturated rings. The van der Waals surface area contributed by atoms with Crippen molar-refractivity contribution in [3.05, 3.63) is 30.1 Å². The molecular formula is C17H27N5O2. The van der Waals surface area contributed by atoms with Crippen molar-refractivity contribution in [2.75, 3.05) is 7.11 Å². The van der Waals surface area contributed by atoms with Crippen LogP contribution in [0.4, 0.5) is 0 Å². The van der Waals surface area contributed by atoms with Gasteiger partial charge >= 0.3 is 0 Å². The van der Waals surface area contributed by atoms with Gasteiger partial charge in [-0.1, -0.05) is 19.3 Å². The Kier molecular flexibility index (Phi) is 6.43. The minimum atomic E-state index is -0.124. The van der Waals surface area contributed by atoms with E-state index in [1.165, 1.54) is 19.3 Å². The molecule has 3 rings (SSSR count). The first-order valence-electron chi connectivity index (χ1n) is 8.21. The minimum Gasteiger partial charge on any atom is -0.400 e. The molecule has 132 valence electrons. The van der Waals surface area contributed by atoms with Crippen molar-refractivity contribution in [3.63, 3.8) is 0 Å². The maximum Gasteiger partial charge on any atom is 0.272 e. The van der Waals surface area contributed by atoms with Crippen molar-refractivity contribution in [2.24, 2.45) is 7.05 Å². The van der Waals surface area contributed by atoms with Crippen LogP contribution in [0.2, 0.25) is 0 Å². The fraction of sp³-hybridized carbons (Fsp3) is 0.529. The molecule has 1 aliphatic rings. The number of aliphatic hydroxyl groups excluding tert-OH is 1. The molecular weight excluding hydrogens is 306 g/mol. The molecule has 0 atom stereocenters. The van der Waals surface area contributed by atoms with E-state index in [0.717, 1.165) is 25.6 Å². The van der Waals surface area contributed by atoms with E-state index in [-0.39, 0.29) is 13.4 Å². The average molecular weight is 333 g/mol. The fourth-order valence-electron chi connectivity index (χ4n) is 2.89. The highest BCUT2D eigenvalue weighted by Gasteiger charge is 2.20. The predicted octanol–water partition coefficient (Wildman–Crippen LogP) is 2.10. The standard InChI is InChI=1S/C16H21N5O.CH4O.H2/c1-11-15(16(22)19-12-6-4-3-5-7-12)20-13(8-18-11)14-9-17-10-21(14)2;1-2;/h8-10,12H,3-7H2,1-2H3,(H,19,22);2H,1H3;1H. The SMILES string of the molecule is CO.Cc1ncc(-c2cncn2C)nc1C(=O)NC1CCCCC1.[HH]. The highest BCUT2D eigenvalue weighted by molar-refractivity contribution is 5.93. The van der Waals surface area contributed by atoms with Crippen molar-refractivity contribution in [1.82, 2.24) is 24.8 Å². The molecule has 2 aromatic rings. The number of aryl methyl sites for hydroxylation is 2. The van der Waals surface area contributed by atoms with Gasteiger partial charge < -0.3 is 15.0 Å². The van der Waals surface area contributed by atoms with Crippen molar-refractivity contribution >= 4 is 5.91 Å². The van der Waals surface area contributed by atoms with Crippen LogP contribution in [0.1, 0.15) is 49.7 Å². The van der Waals surface area contributed by atoms with E-state index in [9.17, 15) is 4.79 Å². The first-order valence-corrected chi connectivity index (χ1v) is 8.21. The Labute approximate surface area is 143 Å². The van der Waals surface area contributed by atoms with E-state index in [1.54, 1.807) is 18.7 Å². The summed E-state index contributed by atoms with van der Waals surface area (Å²) in [5, 5.41) is 10.1. The third-order valence-corrected chi connectivity index (χ3v) is 4.19. The second kappa shape index (κ2) is 8.54. The van der Waals surface area contributed by atoms with Crippen LogP contribution in [-0.4, -0.2) is 43.7 Å². The number of amides is 1. The third-order valence-electron chi connectivity index (χ3n) is 4.19. The predicted molar refractivity (Wildman–Crippen MR) is 93.6 cm³/mol. The highest BCUT2D eigenvalue weighted by Crippen LogP contribution is 2.19. The van der Waals surface area contributed by atoms with Gasteiger partial charge in [0.1, 0.15) is 11.4 Å². The summed E-state index contributed by atoms with van der Waals surface area (Å²) in [5.74, 6) is -0.124. The van der Waals surface area contributed by atoms with Crippen LogP contribution in [0.15, 0.2) is 18.7 Å². The molecule has 2 aromatic heterocycles. The second-order valence-electron chi connectivity index (χ2n) is 5.89. The van der Waals surface area contributed by atoms with Crippen LogP contribution in [0, 0.1) is 6.92 Å². The van der Waals surface area contributed by atoms with Gasteiger partial charge in [-0.25, -0.2) is 9.97 Å². The molecule has 0 unspecified atom stereocenters. The molecule has 0 radical (unpaired) electrons. The Hall–Kier alpha value is -2.28. The second-order valence-corrected chi connectivity index (χ2v) is 5.89. The minimum absolute atomic E-state index is 0. The monoisotopic (exact) mass is 333 g/mol. The van der Waals surface area contributed by atoms with Gasteiger partial charge in [-0.3, -0.25) is 9.78 Å². The van der Waals surface area contributed by atoms with Gasteiger partial charge in [0, 0.05) is 21.6 Å². The normalized spacial score (nSPS) is 14.7. The number of hydrogen-bond donors (Lipinski definition) is 2. The van der Waals surface area contributed by atoms with E-state index in [4.69, 9.17) is 5.11 Å². The Morgan fingerprint density at radius 3 is 2.62 bits per heavy atom. The maximum absolute atomic E-state index is 12.5. The molecule has 0 aliphatic heterocycles. The summed E-state index contributed by atoms with van der Waals surface area (Å²) in [5.41, 5.74) is 2.57. The van der Waals surface area contributed by atoms with Gasteiger partial charge in [0.2, 0.25) is 0 Å². The maximum atomic E-state index is 12.5. The number of nitrogens with zero attached hydrogens (tertiary/aromatic N) is 4. The number of rotatable bonds is 3. The Morgan fingerprint density at radius 1 is 1.29 bits per heavy atom. The molecule has 2 N–H and O–H groups in total. The summed E-state index contributed by atoms with van der Waals surface area (Å²) in [7, 11) is 2.89. The molecule has 7 nitrogen and oxygen atoms in total. The Morgan fingerprint density at radius 2 is 2.00 bits per heavy atom. The zero-order chi connectivity index (χ0) is 17.5. The van der Waals surface area contributed by atoms with Gasteiger partial charge in [0.05, 0.1) is 30.1 Å². The zero-order valence-corrected chi connectivity index (χ0v) is 14.5. The molecule has 7 heteroatoms. The zero-order valence-electron chi connectivity index (χ0n) is 14.5. The highest BCUT2D eigenvalue weighted by atomic mass is 16.2. The van der Waals surface area contributed by atoms with Crippen molar-refractivity contribution < 1.29 is 11.3 Å². The lowest BCUT2D eigenvalue weighted by Crippen LogP contribution is -2.37. The average Bonchev–Trinajstić information content (AvgIpc) is 3.04. The molecule has 1 aliphatic carbocycles. The third kappa shape index (κ3) is 4.17. The van der Waals surface area contributed by atoms with Crippen LogP contribution in [0.3, 0.4) is 0 Å². The number of carbonyl (C=O) groups excluding carboxylic acids is 1. The van der Waals surface area contributed by atoms with Crippen molar-refractivity contribution in [3.8, 4) is 11.4 Å². The number of aliphatic hydroxyl groups is 1. The summed E-state index contributed by atoms with van der Waals surface area (Å²) >= 11 is 0. The Balaban J connectivity index is 0.00000101. The van der Waals surface area contributed by atoms with Gasteiger partial charge in [-0.15, -0.1) is 0 Å². The van der Waals surface area contributed by atoms with E-state index >= 15 is 0 Å². The quantitative estimate of drug-likeness (QED) is 0.897. The number of hydrogen-bond acceptors (Lipinski definition) is 5. The summed E-state index contributed by atoms with van der Waals surface area (Å²) in [6.07, 6.45) is 10.9. The number of aromatic nitrogens is 4. The van der Waals surface area contributed by atoms with E-state index in [0.29, 0.717) is 17.1 Å². The summed E-state index contributed by atoms with van der Waals surface area (Å²) in [6.45, 7) is 1.82. The fourth-order valence-corrected chi connectivity index (χ4v) is 2.89. The van der Waals surface area contributed by atoms with E-state index < -0.39 is 0 Å². The lowest BCUT2D eigenvalue weighted by atomic mass is 9.95. The lowest BCUT2D eigenvalue weighted by Gasteiger charge is -2.22. The largest absolute Gasteiger partial charge is 0.400 e. The molecule has 0 saturated heterocycles. The van der Waals surface area contributed by atoms with Crippen LogP contribution >= 0.6 is 0 Å². The van der Waals surface area contributed by atoms with Crippen LogP contribution in [-0.2, 0) is 7.05 Å². The lowest BCUT2D eigenvalue weighted by molar-refractivity contribution is 0.0921. The first kappa shape index (κ1) is 18.1. The molecule has 24 heavy (non-hydrogen) atoms.